The van der Waals surface area contributed by atoms with Crippen LogP contribution < -0.4 is 4.90 Å². The third kappa shape index (κ3) is 6.94. The summed E-state index contributed by atoms with van der Waals surface area (Å²) < 4.78 is 1.15. The first-order valence-corrected chi connectivity index (χ1v) is 12.7. The summed E-state index contributed by atoms with van der Waals surface area (Å²) in [5, 5.41) is 1.56. The number of hydrogen-bond acceptors (Lipinski definition) is 5. The Bertz CT molecular complexity index is 1020. The van der Waals surface area contributed by atoms with Crippen molar-refractivity contribution >= 4 is 56.0 Å². The van der Waals surface area contributed by atoms with E-state index in [1.165, 1.54) is 10.5 Å². The van der Waals surface area contributed by atoms with Gasteiger partial charge in [-0.2, -0.15) is 0 Å². The van der Waals surface area contributed by atoms with E-state index < -0.39 is 0 Å². The molecule has 0 bridgehead atoms. The number of amides is 1. The maximum Gasteiger partial charge on any atom is 0.228 e. The maximum absolute atomic E-state index is 13.2. The number of benzene rings is 2. The van der Waals surface area contributed by atoms with Crippen molar-refractivity contribution in [3.8, 4) is 0 Å². The first-order chi connectivity index (χ1) is 14.8. The third-order valence-electron chi connectivity index (χ3n) is 4.95. The number of hydrogen-bond donors (Lipinski definition) is 0. The molecule has 0 saturated heterocycles. The predicted octanol–water partition coefficient (Wildman–Crippen LogP) is 6.42. The van der Waals surface area contributed by atoms with Gasteiger partial charge in [0.2, 0.25) is 5.91 Å². The highest BCUT2D eigenvalue weighted by Crippen LogP contribution is 2.32. The van der Waals surface area contributed by atoms with Gasteiger partial charge in [0.25, 0.3) is 0 Å². The van der Waals surface area contributed by atoms with Crippen LogP contribution in [0.3, 0.4) is 0 Å². The zero-order valence-electron chi connectivity index (χ0n) is 18.7. The topological polar surface area (TPSA) is 36.4 Å². The molecule has 4 nitrogen and oxygen atoms in total. The largest absolute Gasteiger partial charge is 0.309 e. The molecule has 2 aromatic carbocycles. The van der Waals surface area contributed by atoms with E-state index >= 15 is 0 Å². The molecule has 1 heterocycles. The Morgan fingerprint density at radius 1 is 1.10 bits per heavy atom. The van der Waals surface area contributed by atoms with Crippen LogP contribution in [0.4, 0.5) is 5.13 Å². The monoisotopic (exact) mass is 475 g/mol. The number of aromatic nitrogens is 1. The minimum Gasteiger partial charge on any atom is -0.309 e. The van der Waals surface area contributed by atoms with E-state index in [9.17, 15) is 4.79 Å². The number of carbonyl (C=O) groups is 1. The van der Waals surface area contributed by atoms with Crippen LogP contribution in [0.1, 0.15) is 30.4 Å². The summed E-state index contributed by atoms with van der Waals surface area (Å²) in [7, 11) is 4.12. The van der Waals surface area contributed by atoms with E-state index in [0.29, 0.717) is 13.0 Å². The smallest absolute Gasteiger partial charge is 0.228 e. The van der Waals surface area contributed by atoms with E-state index in [2.05, 4.69) is 45.0 Å². The van der Waals surface area contributed by atoms with E-state index in [1.54, 1.807) is 23.1 Å². The van der Waals surface area contributed by atoms with E-state index in [-0.39, 0.29) is 5.91 Å². The number of nitrogens with zero attached hydrogens (tertiary/aromatic N) is 3. The lowest BCUT2D eigenvalue weighted by Crippen LogP contribution is -2.33. The molecule has 0 aliphatic carbocycles. The molecule has 0 fully saturated rings. The molecule has 166 valence electrons. The highest BCUT2D eigenvalue weighted by atomic mass is 35.5. The van der Waals surface area contributed by atoms with Gasteiger partial charge in [-0.15, -0.1) is 11.8 Å². The molecule has 0 spiro atoms. The van der Waals surface area contributed by atoms with Crippen LogP contribution in [-0.4, -0.2) is 48.7 Å². The van der Waals surface area contributed by atoms with Crippen LogP contribution in [0.25, 0.3) is 10.2 Å². The Hall–Kier alpha value is -1.60. The molecule has 0 N–H and O–H groups in total. The summed E-state index contributed by atoms with van der Waals surface area (Å²) in [6.45, 7) is 5.83. The Kier molecular flexibility index (Phi) is 8.78. The number of thiazole rings is 1. The fourth-order valence-corrected chi connectivity index (χ4v) is 5.59. The van der Waals surface area contributed by atoms with E-state index in [0.717, 1.165) is 51.1 Å². The summed E-state index contributed by atoms with van der Waals surface area (Å²) in [6.07, 6.45) is 2.28. The predicted molar refractivity (Wildman–Crippen MR) is 136 cm³/mol. The molecule has 0 aliphatic heterocycles. The molecule has 3 rings (SSSR count). The summed E-state index contributed by atoms with van der Waals surface area (Å²) in [5.74, 6) is 1.06. The van der Waals surface area contributed by atoms with Crippen molar-refractivity contribution < 1.29 is 4.79 Å². The quantitative estimate of drug-likeness (QED) is 0.250. The molecule has 3 aromatic rings. The number of fused-ring (bicyclic) bond motifs is 1. The Morgan fingerprint density at radius 2 is 1.84 bits per heavy atom. The average Bonchev–Trinajstić information content (AvgIpc) is 3.13. The van der Waals surface area contributed by atoms with Crippen LogP contribution in [0.15, 0.2) is 41.3 Å². The summed E-state index contributed by atoms with van der Waals surface area (Å²) >= 11 is 9.33. The van der Waals surface area contributed by atoms with Crippen molar-refractivity contribution in [1.82, 2.24) is 9.88 Å². The van der Waals surface area contributed by atoms with Crippen molar-refractivity contribution in [2.75, 3.05) is 37.8 Å². The van der Waals surface area contributed by atoms with Crippen LogP contribution >= 0.6 is 34.7 Å². The fraction of sp³-hybridized carbons (Fsp3) is 0.417. The number of thioether (sulfide) groups is 1. The van der Waals surface area contributed by atoms with E-state index in [1.807, 2.05) is 29.2 Å². The second-order valence-corrected chi connectivity index (χ2v) is 10.6. The SMILES string of the molecule is Cc1cc(C)c2nc(N(CCCN(C)C)C(=O)CCCSc3ccc(Cl)cc3)sc2c1. The number of carbonyl (C=O) groups excluding carboxylic acids is 1. The minimum atomic E-state index is 0.156. The molecule has 0 saturated carbocycles. The fourth-order valence-electron chi connectivity index (χ4n) is 3.43. The lowest BCUT2D eigenvalue weighted by atomic mass is 10.1. The molecule has 1 aromatic heterocycles. The first kappa shape index (κ1) is 24.1. The third-order valence-corrected chi connectivity index (χ3v) is 7.33. The summed E-state index contributed by atoms with van der Waals surface area (Å²) in [5.41, 5.74) is 3.40. The normalized spacial score (nSPS) is 11.4. The minimum absolute atomic E-state index is 0.156. The van der Waals surface area contributed by atoms with Gasteiger partial charge in [-0.1, -0.05) is 29.0 Å². The molecule has 0 atom stereocenters. The molecule has 7 heteroatoms. The van der Waals surface area contributed by atoms with Gasteiger partial charge in [-0.25, -0.2) is 4.98 Å². The second kappa shape index (κ2) is 11.3. The van der Waals surface area contributed by atoms with Gasteiger partial charge in [-0.3, -0.25) is 9.69 Å². The lowest BCUT2D eigenvalue weighted by molar-refractivity contribution is -0.118. The Labute approximate surface area is 198 Å². The van der Waals surface area contributed by atoms with Crippen molar-refractivity contribution in [1.29, 1.82) is 0 Å². The van der Waals surface area contributed by atoms with Gasteiger partial charge in [0, 0.05) is 22.9 Å². The van der Waals surface area contributed by atoms with Crippen LogP contribution in [0.5, 0.6) is 0 Å². The number of rotatable bonds is 10. The molecule has 0 unspecified atom stereocenters. The zero-order valence-corrected chi connectivity index (χ0v) is 21.0. The first-order valence-electron chi connectivity index (χ1n) is 10.5. The molecular formula is C24H30ClN3OS2. The highest BCUT2D eigenvalue weighted by Gasteiger charge is 2.20. The van der Waals surface area contributed by atoms with Gasteiger partial charge in [0.15, 0.2) is 5.13 Å². The Balaban J connectivity index is 1.66. The molecule has 0 radical (unpaired) electrons. The van der Waals surface area contributed by atoms with Gasteiger partial charge in [-0.05, 0) is 94.5 Å². The summed E-state index contributed by atoms with van der Waals surface area (Å²) in [4.78, 5) is 23.2. The van der Waals surface area contributed by atoms with Crippen molar-refractivity contribution in [3.63, 3.8) is 0 Å². The van der Waals surface area contributed by atoms with E-state index in [4.69, 9.17) is 16.6 Å². The standard InChI is InChI=1S/C24H30ClN3OS2/c1-17-15-18(2)23-21(16-17)31-24(26-23)28(13-6-12-27(3)4)22(29)7-5-14-30-20-10-8-19(25)9-11-20/h8-11,15-16H,5-7,12-14H2,1-4H3. The van der Waals surface area contributed by atoms with Crippen LogP contribution in [0, 0.1) is 13.8 Å². The van der Waals surface area contributed by atoms with Crippen molar-refractivity contribution in [2.45, 2.75) is 38.0 Å². The summed E-state index contributed by atoms with van der Waals surface area (Å²) in [6, 6.07) is 12.2. The molecule has 1 amide bonds. The van der Waals surface area contributed by atoms with Crippen LogP contribution in [-0.2, 0) is 4.79 Å². The van der Waals surface area contributed by atoms with Crippen molar-refractivity contribution in [2.24, 2.45) is 0 Å². The van der Waals surface area contributed by atoms with Gasteiger partial charge < -0.3 is 4.90 Å². The van der Waals surface area contributed by atoms with Crippen molar-refractivity contribution in [3.05, 3.63) is 52.5 Å². The molecular weight excluding hydrogens is 446 g/mol. The van der Waals surface area contributed by atoms with Gasteiger partial charge in [0.05, 0.1) is 10.2 Å². The Morgan fingerprint density at radius 3 is 2.55 bits per heavy atom. The number of halogens is 1. The molecule has 0 aliphatic rings. The highest BCUT2D eigenvalue weighted by molar-refractivity contribution is 7.99. The van der Waals surface area contributed by atoms with Crippen LogP contribution in [0.2, 0.25) is 5.02 Å². The zero-order chi connectivity index (χ0) is 22.4. The number of aryl methyl sites for hydroxylation is 2. The number of anilines is 1. The van der Waals surface area contributed by atoms with Gasteiger partial charge in [0.1, 0.15) is 0 Å². The maximum atomic E-state index is 13.2. The average molecular weight is 476 g/mol. The second-order valence-electron chi connectivity index (χ2n) is 8.03. The van der Waals surface area contributed by atoms with Gasteiger partial charge >= 0.3 is 0 Å². The lowest BCUT2D eigenvalue weighted by Gasteiger charge is -2.21. The molecule has 31 heavy (non-hydrogen) atoms.